The van der Waals surface area contributed by atoms with Crippen LogP contribution in [0.5, 0.6) is 0 Å². The lowest BCUT2D eigenvalue weighted by molar-refractivity contribution is 0.227. The van der Waals surface area contributed by atoms with Crippen molar-refractivity contribution in [3.05, 3.63) is 18.2 Å². The van der Waals surface area contributed by atoms with Gasteiger partial charge in [-0.15, -0.1) is 0 Å². The van der Waals surface area contributed by atoms with E-state index in [0.717, 1.165) is 25.4 Å². The summed E-state index contributed by atoms with van der Waals surface area (Å²) in [6.07, 6.45) is 6.20. The molecular formula is C14H28N4. The normalized spacial score (nSPS) is 13.5. The Balaban J connectivity index is 2.71. The van der Waals surface area contributed by atoms with Gasteiger partial charge in [-0.1, -0.05) is 20.8 Å². The molecule has 104 valence electrons. The van der Waals surface area contributed by atoms with Crippen LogP contribution in [0.1, 0.15) is 45.3 Å². The Bertz CT molecular complexity index is 332. The van der Waals surface area contributed by atoms with Crippen LogP contribution in [-0.4, -0.2) is 34.6 Å². The molecule has 1 unspecified atom stereocenters. The van der Waals surface area contributed by atoms with Crippen molar-refractivity contribution < 1.29 is 0 Å². The van der Waals surface area contributed by atoms with Gasteiger partial charge in [-0.25, -0.2) is 4.98 Å². The summed E-state index contributed by atoms with van der Waals surface area (Å²) in [7, 11) is 2.16. The SMILES string of the molecule is CCCn1cncc1C(CN)N(C)CCC(C)C. The van der Waals surface area contributed by atoms with Crippen molar-refractivity contribution in [1.29, 1.82) is 0 Å². The molecule has 18 heavy (non-hydrogen) atoms. The fourth-order valence-electron chi connectivity index (χ4n) is 2.18. The number of aryl methyl sites for hydroxylation is 1. The summed E-state index contributed by atoms with van der Waals surface area (Å²) >= 11 is 0. The van der Waals surface area contributed by atoms with Gasteiger partial charge >= 0.3 is 0 Å². The van der Waals surface area contributed by atoms with E-state index in [-0.39, 0.29) is 6.04 Å². The highest BCUT2D eigenvalue weighted by atomic mass is 15.2. The van der Waals surface area contributed by atoms with Crippen LogP contribution in [0.25, 0.3) is 0 Å². The topological polar surface area (TPSA) is 47.1 Å². The smallest absolute Gasteiger partial charge is 0.0948 e. The third-order valence-corrected chi connectivity index (χ3v) is 3.36. The summed E-state index contributed by atoms with van der Waals surface area (Å²) in [5.41, 5.74) is 7.19. The van der Waals surface area contributed by atoms with E-state index in [9.17, 15) is 0 Å². The summed E-state index contributed by atoms with van der Waals surface area (Å²) in [6.45, 7) is 9.44. The lowest BCUT2D eigenvalue weighted by Crippen LogP contribution is -2.33. The lowest BCUT2D eigenvalue weighted by atomic mass is 10.1. The summed E-state index contributed by atoms with van der Waals surface area (Å²) < 4.78 is 2.23. The molecule has 0 spiro atoms. The van der Waals surface area contributed by atoms with Crippen LogP contribution in [0.2, 0.25) is 0 Å². The van der Waals surface area contributed by atoms with E-state index >= 15 is 0 Å². The summed E-state index contributed by atoms with van der Waals surface area (Å²) in [4.78, 5) is 6.62. The van der Waals surface area contributed by atoms with Gasteiger partial charge in [0.15, 0.2) is 0 Å². The van der Waals surface area contributed by atoms with Gasteiger partial charge < -0.3 is 10.3 Å². The third-order valence-electron chi connectivity index (χ3n) is 3.36. The van der Waals surface area contributed by atoms with E-state index in [1.807, 2.05) is 12.5 Å². The molecule has 0 aliphatic rings. The van der Waals surface area contributed by atoms with Gasteiger partial charge in [0.25, 0.3) is 0 Å². The number of rotatable bonds is 8. The first kappa shape index (κ1) is 15.2. The average Bonchev–Trinajstić information content (AvgIpc) is 2.76. The minimum Gasteiger partial charge on any atom is -0.333 e. The Hall–Kier alpha value is -0.870. The summed E-state index contributed by atoms with van der Waals surface area (Å²) in [5, 5.41) is 0. The van der Waals surface area contributed by atoms with E-state index in [4.69, 9.17) is 5.73 Å². The zero-order valence-corrected chi connectivity index (χ0v) is 12.3. The molecular weight excluding hydrogens is 224 g/mol. The van der Waals surface area contributed by atoms with E-state index in [1.165, 1.54) is 12.1 Å². The Kier molecular flexibility index (Phi) is 6.36. The Morgan fingerprint density at radius 1 is 1.44 bits per heavy atom. The number of hydrogen-bond acceptors (Lipinski definition) is 3. The second kappa shape index (κ2) is 7.54. The molecule has 1 atom stereocenters. The second-order valence-electron chi connectivity index (χ2n) is 5.43. The van der Waals surface area contributed by atoms with Crippen LogP contribution in [0.3, 0.4) is 0 Å². The molecule has 0 aromatic carbocycles. The molecule has 0 radical (unpaired) electrons. The Morgan fingerprint density at radius 3 is 2.72 bits per heavy atom. The first-order chi connectivity index (χ1) is 8.60. The van der Waals surface area contributed by atoms with Gasteiger partial charge in [0.1, 0.15) is 0 Å². The highest BCUT2D eigenvalue weighted by molar-refractivity contribution is 5.06. The molecule has 0 fully saturated rings. The first-order valence-electron chi connectivity index (χ1n) is 7.00. The van der Waals surface area contributed by atoms with Crippen LogP contribution in [0.4, 0.5) is 0 Å². The summed E-state index contributed by atoms with van der Waals surface area (Å²) in [6, 6.07) is 0.276. The number of hydrogen-bond donors (Lipinski definition) is 1. The van der Waals surface area contributed by atoms with Crippen LogP contribution in [-0.2, 0) is 6.54 Å². The number of likely N-dealkylation sites (N-methyl/N-ethyl adjacent to an activating group) is 1. The van der Waals surface area contributed by atoms with Gasteiger partial charge in [-0.05, 0) is 32.4 Å². The standard InChI is InChI=1S/C14H28N4/c1-5-7-18-11-16-10-14(18)13(9-15)17(4)8-6-12(2)3/h10-13H,5-9,15H2,1-4H3. The molecule has 0 bridgehead atoms. The van der Waals surface area contributed by atoms with Crippen LogP contribution >= 0.6 is 0 Å². The van der Waals surface area contributed by atoms with Crippen molar-refractivity contribution >= 4 is 0 Å². The highest BCUT2D eigenvalue weighted by Crippen LogP contribution is 2.19. The van der Waals surface area contributed by atoms with E-state index < -0.39 is 0 Å². The van der Waals surface area contributed by atoms with Crippen LogP contribution < -0.4 is 5.73 Å². The minimum absolute atomic E-state index is 0.276. The molecule has 0 aliphatic carbocycles. The fourth-order valence-corrected chi connectivity index (χ4v) is 2.18. The van der Waals surface area contributed by atoms with Crippen molar-refractivity contribution in [3.63, 3.8) is 0 Å². The van der Waals surface area contributed by atoms with Crippen molar-refractivity contribution in [2.45, 2.75) is 46.2 Å². The van der Waals surface area contributed by atoms with Crippen molar-refractivity contribution in [2.24, 2.45) is 11.7 Å². The number of nitrogens with zero attached hydrogens (tertiary/aromatic N) is 3. The quantitative estimate of drug-likeness (QED) is 0.772. The molecule has 1 aromatic rings. The molecule has 4 heteroatoms. The second-order valence-corrected chi connectivity index (χ2v) is 5.43. The first-order valence-corrected chi connectivity index (χ1v) is 7.00. The Labute approximate surface area is 111 Å². The van der Waals surface area contributed by atoms with Gasteiger partial charge in [0, 0.05) is 19.3 Å². The molecule has 0 aliphatic heterocycles. The molecule has 1 aromatic heterocycles. The fraction of sp³-hybridized carbons (Fsp3) is 0.786. The van der Waals surface area contributed by atoms with E-state index in [2.05, 4.69) is 42.3 Å². The Morgan fingerprint density at radius 2 is 2.17 bits per heavy atom. The average molecular weight is 252 g/mol. The van der Waals surface area contributed by atoms with E-state index in [0.29, 0.717) is 6.54 Å². The molecule has 1 heterocycles. The van der Waals surface area contributed by atoms with E-state index in [1.54, 1.807) is 0 Å². The van der Waals surface area contributed by atoms with Gasteiger partial charge in [-0.3, -0.25) is 4.90 Å². The van der Waals surface area contributed by atoms with Gasteiger partial charge in [0.05, 0.1) is 18.1 Å². The van der Waals surface area contributed by atoms with Gasteiger partial charge in [0.2, 0.25) is 0 Å². The van der Waals surface area contributed by atoms with Crippen molar-refractivity contribution in [2.75, 3.05) is 20.1 Å². The molecule has 1 rings (SSSR count). The molecule has 4 nitrogen and oxygen atoms in total. The number of nitrogens with two attached hydrogens (primary N) is 1. The number of aromatic nitrogens is 2. The monoisotopic (exact) mass is 252 g/mol. The van der Waals surface area contributed by atoms with Crippen LogP contribution in [0.15, 0.2) is 12.5 Å². The number of imidazole rings is 1. The molecule has 0 saturated heterocycles. The highest BCUT2D eigenvalue weighted by Gasteiger charge is 2.19. The largest absolute Gasteiger partial charge is 0.333 e. The molecule has 2 N–H and O–H groups in total. The zero-order chi connectivity index (χ0) is 13.5. The van der Waals surface area contributed by atoms with Crippen molar-refractivity contribution in [1.82, 2.24) is 14.5 Å². The zero-order valence-electron chi connectivity index (χ0n) is 12.3. The predicted molar refractivity (Wildman–Crippen MR) is 76.4 cm³/mol. The summed E-state index contributed by atoms with van der Waals surface area (Å²) in [5.74, 6) is 0.728. The lowest BCUT2D eigenvalue weighted by Gasteiger charge is -2.28. The van der Waals surface area contributed by atoms with Gasteiger partial charge in [-0.2, -0.15) is 0 Å². The predicted octanol–water partition coefficient (Wildman–Crippen LogP) is 2.27. The maximum Gasteiger partial charge on any atom is 0.0948 e. The third kappa shape index (κ3) is 4.10. The molecule has 0 amide bonds. The maximum atomic E-state index is 5.95. The maximum absolute atomic E-state index is 5.95. The minimum atomic E-state index is 0.276. The van der Waals surface area contributed by atoms with Crippen LogP contribution in [0, 0.1) is 5.92 Å². The molecule has 0 saturated carbocycles. The van der Waals surface area contributed by atoms with Crippen molar-refractivity contribution in [3.8, 4) is 0 Å².